The SMILES string of the molecule is CN1CCCNCCC1. The van der Waals surface area contributed by atoms with Crippen LogP contribution < -0.4 is 5.32 Å². The molecule has 1 N–H and O–H groups in total. The second-order valence-corrected chi connectivity index (χ2v) is 2.76. The second-order valence-electron chi connectivity index (χ2n) is 2.76. The monoisotopic (exact) mass is 128 g/mol. The van der Waals surface area contributed by atoms with E-state index in [1.807, 2.05) is 0 Å². The first-order valence-corrected chi connectivity index (χ1v) is 3.79. The molecule has 54 valence electrons. The van der Waals surface area contributed by atoms with E-state index in [9.17, 15) is 0 Å². The summed E-state index contributed by atoms with van der Waals surface area (Å²) in [6.45, 7) is 4.91. The van der Waals surface area contributed by atoms with Gasteiger partial charge in [0.2, 0.25) is 0 Å². The van der Waals surface area contributed by atoms with Gasteiger partial charge in [0.05, 0.1) is 0 Å². The maximum absolute atomic E-state index is 3.38. The van der Waals surface area contributed by atoms with Gasteiger partial charge in [-0.05, 0) is 46.1 Å². The summed E-state index contributed by atoms with van der Waals surface area (Å²) in [5.41, 5.74) is 0. The topological polar surface area (TPSA) is 15.3 Å². The van der Waals surface area contributed by atoms with Crippen molar-refractivity contribution in [2.24, 2.45) is 0 Å². The van der Waals surface area contributed by atoms with E-state index < -0.39 is 0 Å². The van der Waals surface area contributed by atoms with Crippen molar-refractivity contribution in [3.05, 3.63) is 0 Å². The second kappa shape index (κ2) is 3.85. The lowest BCUT2D eigenvalue weighted by molar-refractivity contribution is 0.304. The third-order valence-corrected chi connectivity index (χ3v) is 1.79. The molecule has 0 radical (unpaired) electrons. The quantitative estimate of drug-likeness (QED) is 0.505. The number of rotatable bonds is 0. The smallest absolute Gasteiger partial charge is 0.000968 e. The van der Waals surface area contributed by atoms with Crippen LogP contribution in [-0.4, -0.2) is 38.1 Å². The highest BCUT2D eigenvalue weighted by atomic mass is 15.1. The lowest BCUT2D eigenvalue weighted by Crippen LogP contribution is -2.31. The molecule has 1 heterocycles. The van der Waals surface area contributed by atoms with Gasteiger partial charge in [0.1, 0.15) is 0 Å². The molecule has 0 aliphatic carbocycles. The predicted molar refractivity (Wildman–Crippen MR) is 39.6 cm³/mol. The summed E-state index contributed by atoms with van der Waals surface area (Å²) in [5, 5.41) is 3.38. The molecule has 2 nitrogen and oxygen atoms in total. The molecule has 1 saturated heterocycles. The maximum atomic E-state index is 3.38. The van der Waals surface area contributed by atoms with Gasteiger partial charge in [-0.15, -0.1) is 0 Å². The minimum absolute atomic E-state index is 1.20. The van der Waals surface area contributed by atoms with Gasteiger partial charge in [0.15, 0.2) is 0 Å². The van der Waals surface area contributed by atoms with E-state index in [4.69, 9.17) is 0 Å². The number of hydrogen-bond donors (Lipinski definition) is 1. The van der Waals surface area contributed by atoms with Crippen molar-refractivity contribution in [3.63, 3.8) is 0 Å². The van der Waals surface area contributed by atoms with Crippen LogP contribution in [0.25, 0.3) is 0 Å². The number of hydrogen-bond acceptors (Lipinski definition) is 2. The highest BCUT2D eigenvalue weighted by molar-refractivity contribution is 4.59. The Kier molecular flexibility index (Phi) is 3.01. The van der Waals surface area contributed by atoms with Crippen LogP contribution in [0, 0.1) is 0 Å². The first-order valence-electron chi connectivity index (χ1n) is 3.79. The van der Waals surface area contributed by atoms with Gasteiger partial charge >= 0.3 is 0 Å². The summed E-state index contributed by atoms with van der Waals surface area (Å²) in [6.07, 6.45) is 2.60. The first-order chi connectivity index (χ1) is 4.39. The molecule has 0 unspecified atom stereocenters. The highest BCUT2D eigenvalue weighted by Crippen LogP contribution is 1.92. The van der Waals surface area contributed by atoms with Crippen molar-refractivity contribution in [2.75, 3.05) is 33.2 Å². The molecule has 0 aromatic carbocycles. The van der Waals surface area contributed by atoms with Gasteiger partial charge in [-0.1, -0.05) is 0 Å². The predicted octanol–water partition coefficient (Wildman–Crippen LogP) is 0.302. The minimum Gasteiger partial charge on any atom is -0.317 e. The molecule has 9 heavy (non-hydrogen) atoms. The van der Waals surface area contributed by atoms with Crippen LogP contribution in [0.1, 0.15) is 12.8 Å². The zero-order valence-corrected chi connectivity index (χ0v) is 6.19. The Labute approximate surface area is 57.2 Å². The summed E-state index contributed by atoms with van der Waals surface area (Å²) < 4.78 is 0. The third-order valence-electron chi connectivity index (χ3n) is 1.79. The van der Waals surface area contributed by atoms with Crippen LogP contribution >= 0.6 is 0 Å². The van der Waals surface area contributed by atoms with Crippen molar-refractivity contribution in [2.45, 2.75) is 12.8 Å². The molecule has 0 aromatic rings. The van der Waals surface area contributed by atoms with Crippen LogP contribution in [0.3, 0.4) is 0 Å². The summed E-state index contributed by atoms with van der Waals surface area (Å²) >= 11 is 0. The van der Waals surface area contributed by atoms with E-state index in [2.05, 4.69) is 17.3 Å². The number of nitrogens with one attached hydrogen (secondary N) is 1. The van der Waals surface area contributed by atoms with Crippen molar-refractivity contribution in [3.8, 4) is 0 Å². The van der Waals surface area contributed by atoms with Crippen molar-refractivity contribution >= 4 is 0 Å². The summed E-state index contributed by atoms with van der Waals surface area (Å²) in [6, 6.07) is 0. The molecule has 1 aliphatic heterocycles. The van der Waals surface area contributed by atoms with E-state index in [1.165, 1.54) is 39.0 Å². The molecule has 0 bridgehead atoms. The lowest BCUT2D eigenvalue weighted by atomic mass is 10.3. The molecule has 0 amide bonds. The minimum atomic E-state index is 1.20. The Hall–Kier alpha value is -0.0800. The van der Waals surface area contributed by atoms with Crippen molar-refractivity contribution < 1.29 is 0 Å². The molecule has 0 atom stereocenters. The maximum Gasteiger partial charge on any atom is -0.000968 e. The Morgan fingerprint density at radius 2 is 1.67 bits per heavy atom. The fraction of sp³-hybridized carbons (Fsp3) is 1.00. The molecule has 1 aliphatic rings. The van der Waals surface area contributed by atoms with Gasteiger partial charge < -0.3 is 10.2 Å². The zero-order valence-electron chi connectivity index (χ0n) is 6.19. The Morgan fingerprint density at radius 3 is 2.22 bits per heavy atom. The molecule has 1 fully saturated rings. The average molecular weight is 128 g/mol. The Morgan fingerprint density at radius 1 is 1.11 bits per heavy atom. The van der Waals surface area contributed by atoms with Crippen LogP contribution in [0.2, 0.25) is 0 Å². The van der Waals surface area contributed by atoms with E-state index in [0.29, 0.717) is 0 Å². The van der Waals surface area contributed by atoms with E-state index >= 15 is 0 Å². The first kappa shape index (κ1) is 7.03. The molecule has 0 spiro atoms. The fourth-order valence-electron chi connectivity index (χ4n) is 1.18. The molecule has 0 saturated carbocycles. The van der Waals surface area contributed by atoms with Crippen LogP contribution in [-0.2, 0) is 0 Å². The zero-order chi connectivity index (χ0) is 6.53. The molecule has 0 aromatic heterocycles. The van der Waals surface area contributed by atoms with Crippen LogP contribution in [0.5, 0.6) is 0 Å². The van der Waals surface area contributed by atoms with Gasteiger partial charge in [-0.25, -0.2) is 0 Å². The van der Waals surface area contributed by atoms with Crippen LogP contribution in [0.4, 0.5) is 0 Å². The largest absolute Gasteiger partial charge is 0.317 e. The third kappa shape index (κ3) is 2.82. The van der Waals surface area contributed by atoms with Gasteiger partial charge in [0, 0.05) is 0 Å². The normalized spacial score (nSPS) is 25.0. The van der Waals surface area contributed by atoms with Crippen molar-refractivity contribution in [1.82, 2.24) is 10.2 Å². The van der Waals surface area contributed by atoms with Crippen LogP contribution in [0.15, 0.2) is 0 Å². The fourth-order valence-corrected chi connectivity index (χ4v) is 1.18. The standard InChI is InChI=1S/C7H16N2/c1-9-6-2-4-8-5-3-7-9/h8H,2-7H2,1H3. The Bertz CT molecular complexity index is 65.3. The summed E-state index contributed by atoms with van der Waals surface area (Å²) in [5.74, 6) is 0. The number of nitrogens with zero attached hydrogens (tertiary/aromatic N) is 1. The van der Waals surface area contributed by atoms with Gasteiger partial charge in [0.25, 0.3) is 0 Å². The summed E-state index contributed by atoms with van der Waals surface area (Å²) in [7, 11) is 2.20. The lowest BCUT2D eigenvalue weighted by Gasteiger charge is -2.19. The van der Waals surface area contributed by atoms with E-state index in [1.54, 1.807) is 0 Å². The Balaban J connectivity index is 2.12. The molecular formula is C7H16N2. The van der Waals surface area contributed by atoms with Crippen molar-refractivity contribution in [1.29, 1.82) is 0 Å². The van der Waals surface area contributed by atoms with E-state index in [-0.39, 0.29) is 0 Å². The van der Waals surface area contributed by atoms with E-state index in [0.717, 1.165) is 0 Å². The van der Waals surface area contributed by atoms with Gasteiger partial charge in [-0.2, -0.15) is 0 Å². The molecular weight excluding hydrogens is 112 g/mol. The average Bonchev–Trinajstić information content (AvgIpc) is 1.79. The molecule has 2 heteroatoms. The summed E-state index contributed by atoms with van der Waals surface area (Å²) in [4.78, 5) is 2.40. The van der Waals surface area contributed by atoms with Gasteiger partial charge in [-0.3, -0.25) is 0 Å². The highest BCUT2D eigenvalue weighted by Gasteiger charge is 2.00. The molecule has 1 rings (SSSR count).